The molecule has 6 heteroatoms. The number of anilines is 1. The molecule has 2 N–H and O–H groups in total. The van der Waals surface area contributed by atoms with E-state index >= 15 is 0 Å². The normalized spacial score (nSPS) is 10.9. The molecule has 0 heterocycles. The zero-order chi connectivity index (χ0) is 22.9. The van der Waals surface area contributed by atoms with E-state index in [4.69, 9.17) is 4.74 Å². The first-order valence-corrected chi connectivity index (χ1v) is 10.7. The Morgan fingerprint density at radius 2 is 1.72 bits per heavy atom. The average molecular weight is 437 g/mol. The number of nitrogens with zero attached hydrogens (tertiary/aromatic N) is 1. The molecule has 32 heavy (non-hydrogen) atoms. The van der Waals surface area contributed by atoms with Crippen molar-refractivity contribution in [2.45, 2.75) is 20.4 Å². The number of aliphatic hydroxyl groups excluding tert-OH is 1. The van der Waals surface area contributed by atoms with Crippen LogP contribution in [0.2, 0.25) is 0 Å². The van der Waals surface area contributed by atoms with Gasteiger partial charge in [-0.15, -0.1) is 0 Å². The number of amides is 1. The monoisotopic (exact) mass is 436 g/mol. The molecule has 3 aromatic rings. The fourth-order valence-corrected chi connectivity index (χ4v) is 3.37. The molecule has 0 spiro atoms. The van der Waals surface area contributed by atoms with Crippen LogP contribution in [0.25, 0.3) is 11.1 Å². The highest BCUT2D eigenvalue weighted by Crippen LogP contribution is 2.28. The zero-order valence-corrected chi connectivity index (χ0v) is 18.5. The maximum absolute atomic E-state index is 13.0. The summed E-state index contributed by atoms with van der Waals surface area (Å²) < 4.78 is 18.9. The fourth-order valence-electron chi connectivity index (χ4n) is 3.37. The molecule has 0 atom stereocenters. The second kappa shape index (κ2) is 11.4. The minimum absolute atomic E-state index is 0.0712. The van der Waals surface area contributed by atoms with Gasteiger partial charge in [-0.3, -0.25) is 9.69 Å². The Hall–Kier alpha value is -3.22. The fraction of sp³-hybridized carbons (Fsp3) is 0.269. The standard InChI is InChI=1S/C26H29FN2O3/c1-3-29(14-15-30)17-22-16-21(20-6-4-19(2)5-7-20)8-13-25(22)32-18-26(31)28-24-11-9-23(27)10-12-24/h4-13,16,30H,3,14-15,17-18H2,1-2H3,(H,28,31). The van der Waals surface area contributed by atoms with E-state index in [1.54, 1.807) is 0 Å². The highest BCUT2D eigenvalue weighted by Gasteiger charge is 2.13. The van der Waals surface area contributed by atoms with Gasteiger partial charge >= 0.3 is 0 Å². The second-order valence-corrected chi connectivity index (χ2v) is 7.62. The first-order valence-electron chi connectivity index (χ1n) is 10.7. The Morgan fingerprint density at radius 3 is 2.38 bits per heavy atom. The second-order valence-electron chi connectivity index (χ2n) is 7.62. The highest BCUT2D eigenvalue weighted by molar-refractivity contribution is 5.91. The molecule has 0 bridgehead atoms. The van der Waals surface area contributed by atoms with E-state index in [0.29, 0.717) is 24.5 Å². The molecule has 0 unspecified atom stereocenters. The smallest absolute Gasteiger partial charge is 0.262 e. The van der Waals surface area contributed by atoms with Gasteiger partial charge in [-0.25, -0.2) is 4.39 Å². The molecule has 0 saturated carbocycles. The number of carbonyl (C=O) groups is 1. The van der Waals surface area contributed by atoms with Crippen LogP contribution in [0.5, 0.6) is 5.75 Å². The van der Waals surface area contributed by atoms with Gasteiger partial charge in [0.2, 0.25) is 0 Å². The molecule has 0 saturated heterocycles. The number of carbonyl (C=O) groups excluding carboxylic acids is 1. The predicted octanol–water partition coefficient (Wildman–Crippen LogP) is 4.63. The summed E-state index contributed by atoms with van der Waals surface area (Å²) in [7, 11) is 0. The van der Waals surface area contributed by atoms with E-state index in [1.165, 1.54) is 29.8 Å². The van der Waals surface area contributed by atoms with E-state index in [9.17, 15) is 14.3 Å². The van der Waals surface area contributed by atoms with Crippen LogP contribution in [0.3, 0.4) is 0 Å². The Kier molecular flexibility index (Phi) is 8.36. The molecule has 0 fully saturated rings. The third-order valence-corrected chi connectivity index (χ3v) is 5.19. The quantitative estimate of drug-likeness (QED) is 0.486. The van der Waals surface area contributed by atoms with Crippen LogP contribution in [0, 0.1) is 12.7 Å². The lowest BCUT2D eigenvalue weighted by Gasteiger charge is -2.22. The van der Waals surface area contributed by atoms with Gasteiger partial charge in [0, 0.05) is 24.3 Å². The van der Waals surface area contributed by atoms with Gasteiger partial charge < -0.3 is 15.2 Å². The summed E-state index contributed by atoms with van der Waals surface area (Å²) in [6.45, 7) is 5.91. The third kappa shape index (κ3) is 6.64. The molecule has 0 aromatic heterocycles. The maximum Gasteiger partial charge on any atom is 0.262 e. The summed E-state index contributed by atoms with van der Waals surface area (Å²) in [5, 5.41) is 12.1. The molecule has 1 amide bonds. The van der Waals surface area contributed by atoms with Gasteiger partial charge in [0.15, 0.2) is 6.61 Å². The largest absolute Gasteiger partial charge is 0.483 e. The van der Waals surface area contributed by atoms with Crippen LogP contribution in [0.4, 0.5) is 10.1 Å². The Morgan fingerprint density at radius 1 is 1.03 bits per heavy atom. The van der Waals surface area contributed by atoms with Gasteiger partial charge in [-0.1, -0.05) is 42.8 Å². The van der Waals surface area contributed by atoms with E-state index in [2.05, 4.69) is 47.5 Å². The van der Waals surface area contributed by atoms with Crippen molar-refractivity contribution in [3.8, 4) is 16.9 Å². The van der Waals surface area contributed by atoms with E-state index < -0.39 is 0 Å². The lowest BCUT2D eigenvalue weighted by atomic mass is 10.0. The van der Waals surface area contributed by atoms with E-state index in [1.807, 2.05) is 19.1 Å². The minimum Gasteiger partial charge on any atom is -0.483 e. The van der Waals surface area contributed by atoms with E-state index in [-0.39, 0.29) is 24.9 Å². The Balaban J connectivity index is 1.77. The molecule has 0 radical (unpaired) electrons. The molecule has 3 aromatic carbocycles. The van der Waals surface area contributed by atoms with Crippen molar-refractivity contribution in [1.29, 1.82) is 0 Å². The van der Waals surface area contributed by atoms with Gasteiger partial charge in [0.1, 0.15) is 11.6 Å². The number of aryl methyl sites for hydroxylation is 1. The van der Waals surface area contributed by atoms with Crippen molar-refractivity contribution >= 4 is 11.6 Å². The van der Waals surface area contributed by atoms with Crippen LogP contribution < -0.4 is 10.1 Å². The number of halogens is 1. The SMILES string of the molecule is CCN(CCO)Cc1cc(-c2ccc(C)cc2)ccc1OCC(=O)Nc1ccc(F)cc1. The average Bonchev–Trinajstić information content (AvgIpc) is 2.80. The number of hydrogen-bond donors (Lipinski definition) is 2. The number of likely N-dealkylation sites (N-methyl/N-ethyl adjacent to an activating group) is 1. The number of aliphatic hydroxyl groups is 1. The number of hydrogen-bond acceptors (Lipinski definition) is 4. The van der Waals surface area contributed by atoms with Crippen molar-refractivity contribution in [2.75, 3.05) is 31.6 Å². The molecule has 168 valence electrons. The molecule has 0 aliphatic carbocycles. The maximum atomic E-state index is 13.0. The zero-order valence-electron chi connectivity index (χ0n) is 18.5. The topological polar surface area (TPSA) is 61.8 Å². The van der Waals surface area contributed by atoms with Crippen LogP contribution in [0.1, 0.15) is 18.1 Å². The van der Waals surface area contributed by atoms with Crippen LogP contribution in [-0.2, 0) is 11.3 Å². The molecule has 5 nitrogen and oxygen atoms in total. The third-order valence-electron chi connectivity index (χ3n) is 5.19. The minimum atomic E-state index is -0.360. The molecule has 0 aliphatic heterocycles. The van der Waals surface area contributed by atoms with Crippen LogP contribution in [0.15, 0.2) is 66.7 Å². The number of rotatable bonds is 10. The molecular weight excluding hydrogens is 407 g/mol. The van der Waals surface area contributed by atoms with Crippen LogP contribution >= 0.6 is 0 Å². The van der Waals surface area contributed by atoms with E-state index in [0.717, 1.165) is 23.2 Å². The lowest BCUT2D eigenvalue weighted by molar-refractivity contribution is -0.118. The number of ether oxygens (including phenoxy) is 1. The summed E-state index contributed by atoms with van der Waals surface area (Å²) in [6, 6.07) is 19.8. The van der Waals surface area contributed by atoms with Gasteiger partial charge in [-0.05, 0) is 61.0 Å². The molecular formula is C26H29FN2O3. The summed E-state index contributed by atoms with van der Waals surface area (Å²) in [6.07, 6.45) is 0. The van der Waals surface area contributed by atoms with Crippen molar-refractivity contribution in [1.82, 2.24) is 4.90 Å². The summed E-state index contributed by atoms with van der Waals surface area (Å²) in [5.41, 5.74) is 4.80. The molecule has 3 rings (SSSR count). The highest BCUT2D eigenvalue weighted by atomic mass is 19.1. The summed E-state index contributed by atoms with van der Waals surface area (Å²) >= 11 is 0. The van der Waals surface area contributed by atoms with Gasteiger partial charge in [0.25, 0.3) is 5.91 Å². The van der Waals surface area contributed by atoms with Gasteiger partial charge in [0.05, 0.1) is 6.61 Å². The Bertz CT molecular complexity index is 1020. The number of nitrogens with one attached hydrogen (secondary N) is 1. The van der Waals surface area contributed by atoms with Crippen LogP contribution in [-0.4, -0.2) is 42.2 Å². The summed E-state index contributed by atoms with van der Waals surface area (Å²) in [5.74, 6) is -0.0692. The van der Waals surface area contributed by atoms with Gasteiger partial charge in [-0.2, -0.15) is 0 Å². The van der Waals surface area contributed by atoms with Crippen molar-refractivity contribution in [3.63, 3.8) is 0 Å². The Labute approximate surface area is 188 Å². The number of benzene rings is 3. The predicted molar refractivity (Wildman–Crippen MR) is 125 cm³/mol. The first-order chi connectivity index (χ1) is 15.5. The van der Waals surface area contributed by atoms with Crippen molar-refractivity contribution < 1.29 is 19.0 Å². The lowest BCUT2D eigenvalue weighted by Crippen LogP contribution is -2.27. The van der Waals surface area contributed by atoms with Crippen molar-refractivity contribution in [3.05, 3.63) is 83.7 Å². The summed E-state index contributed by atoms with van der Waals surface area (Å²) in [4.78, 5) is 14.4. The first kappa shape index (κ1) is 23.4. The molecule has 0 aliphatic rings. The van der Waals surface area contributed by atoms with Crippen molar-refractivity contribution in [2.24, 2.45) is 0 Å².